The van der Waals surface area contributed by atoms with Crippen LogP contribution in [-0.2, 0) is 13.6 Å². The minimum Gasteiger partial charge on any atom is -0.418 e. The van der Waals surface area contributed by atoms with Gasteiger partial charge in [0.1, 0.15) is 11.0 Å². The molecule has 2 N–H and O–H groups in total. The first-order chi connectivity index (χ1) is 15.1. The predicted octanol–water partition coefficient (Wildman–Crippen LogP) is 3.14. The van der Waals surface area contributed by atoms with E-state index in [4.69, 9.17) is 9.40 Å². The quantitative estimate of drug-likeness (QED) is 0.455. The molecule has 0 aliphatic heterocycles. The van der Waals surface area contributed by atoms with Gasteiger partial charge in [-0.3, -0.25) is 9.78 Å². The molecule has 0 unspecified atom stereocenters. The third-order valence-electron chi connectivity index (χ3n) is 5.00. The van der Waals surface area contributed by atoms with E-state index in [0.717, 1.165) is 22.2 Å². The van der Waals surface area contributed by atoms with Gasteiger partial charge in [-0.25, -0.2) is 9.97 Å². The van der Waals surface area contributed by atoms with Gasteiger partial charge in [0.2, 0.25) is 5.89 Å². The molecule has 0 spiro atoms. The topological polar surface area (TPSA) is 111 Å². The summed E-state index contributed by atoms with van der Waals surface area (Å²) >= 11 is 0. The maximum Gasteiger partial charge on any atom is 0.253 e. The molecule has 0 fully saturated rings. The number of benzene rings is 1. The summed E-state index contributed by atoms with van der Waals surface area (Å²) in [5.41, 5.74) is 4.92. The molecular weight excluding hydrogens is 394 g/mol. The minimum atomic E-state index is -0.178. The summed E-state index contributed by atoms with van der Waals surface area (Å²) in [5, 5.41) is 5.96. The van der Waals surface area contributed by atoms with E-state index in [1.807, 2.05) is 35.9 Å². The maximum absolute atomic E-state index is 12.3. The van der Waals surface area contributed by atoms with Crippen molar-refractivity contribution in [1.82, 2.24) is 29.8 Å². The van der Waals surface area contributed by atoms with Crippen LogP contribution >= 0.6 is 0 Å². The molecular formula is C22H19N7O2. The SMILES string of the molecule is CNc1nc2oc(-c3cccc(CNC(=O)c4cccnc4)c3)nc2c2c1ncn2C. The fourth-order valence-corrected chi connectivity index (χ4v) is 3.47. The Morgan fingerprint density at radius 2 is 2.06 bits per heavy atom. The van der Waals surface area contributed by atoms with Gasteiger partial charge >= 0.3 is 0 Å². The molecule has 0 aliphatic rings. The van der Waals surface area contributed by atoms with Crippen LogP contribution in [0.25, 0.3) is 33.7 Å². The highest BCUT2D eigenvalue weighted by molar-refractivity contribution is 6.03. The highest BCUT2D eigenvalue weighted by atomic mass is 16.4. The predicted molar refractivity (Wildman–Crippen MR) is 116 cm³/mol. The molecule has 5 aromatic rings. The van der Waals surface area contributed by atoms with Crippen molar-refractivity contribution in [3.63, 3.8) is 0 Å². The lowest BCUT2D eigenvalue weighted by atomic mass is 10.1. The second kappa shape index (κ2) is 7.52. The Hall–Kier alpha value is -4.27. The molecule has 31 heavy (non-hydrogen) atoms. The Balaban J connectivity index is 1.46. The number of amides is 1. The number of carbonyl (C=O) groups excluding carboxylic acids is 1. The first-order valence-electron chi connectivity index (χ1n) is 9.71. The molecule has 0 saturated carbocycles. The number of oxazole rings is 1. The number of carbonyl (C=O) groups is 1. The number of aryl methyl sites for hydroxylation is 1. The average molecular weight is 413 g/mol. The number of anilines is 1. The van der Waals surface area contributed by atoms with Crippen molar-refractivity contribution in [2.24, 2.45) is 7.05 Å². The van der Waals surface area contributed by atoms with Crippen molar-refractivity contribution in [2.75, 3.05) is 12.4 Å². The number of aromatic nitrogens is 5. The van der Waals surface area contributed by atoms with Gasteiger partial charge in [0.15, 0.2) is 11.3 Å². The van der Waals surface area contributed by atoms with Crippen LogP contribution in [0.3, 0.4) is 0 Å². The largest absolute Gasteiger partial charge is 0.418 e. The van der Waals surface area contributed by atoms with Crippen LogP contribution < -0.4 is 10.6 Å². The third kappa shape index (κ3) is 3.35. The molecule has 5 rings (SSSR count). The Kier molecular flexibility index (Phi) is 4.55. The van der Waals surface area contributed by atoms with Crippen molar-refractivity contribution < 1.29 is 9.21 Å². The van der Waals surface area contributed by atoms with Crippen LogP contribution in [0.5, 0.6) is 0 Å². The average Bonchev–Trinajstić information content (AvgIpc) is 3.41. The Bertz CT molecular complexity index is 1410. The number of nitrogens with zero attached hydrogens (tertiary/aromatic N) is 5. The number of rotatable bonds is 5. The smallest absolute Gasteiger partial charge is 0.253 e. The summed E-state index contributed by atoms with van der Waals surface area (Å²) < 4.78 is 7.88. The van der Waals surface area contributed by atoms with Crippen LogP contribution in [0.15, 0.2) is 59.5 Å². The van der Waals surface area contributed by atoms with E-state index in [9.17, 15) is 4.79 Å². The monoisotopic (exact) mass is 413 g/mol. The first-order valence-corrected chi connectivity index (χ1v) is 9.71. The van der Waals surface area contributed by atoms with E-state index < -0.39 is 0 Å². The number of pyridine rings is 2. The van der Waals surface area contributed by atoms with Gasteiger partial charge in [-0.2, -0.15) is 4.98 Å². The van der Waals surface area contributed by atoms with E-state index in [1.165, 1.54) is 6.20 Å². The standard InChI is InChI=1S/C22H19N7O2/c1-23-19-16-18(29(2)12-26-16)17-22(28-19)31-21(27-17)14-6-3-5-13(9-14)10-25-20(30)15-7-4-8-24-11-15/h3-9,11-12H,10H2,1-2H3,(H,23,28)(H,25,30). The molecule has 0 atom stereocenters. The van der Waals surface area contributed by atoms with Crippen molar-refractivity contribution in [3.05, 3.63) is 66.2 Å². The summed E-state index contributed by atoms with van der Waals surface area (Å²) in [5.74, 6) is 0.916. The van der Waals surface area contributed by atoms with E-state index in [1.54, 1.807) is 31.7 Å². The summed E-state index contributed by atoms with van der Waals surface area (Å²) in [4.78, 5) is 29.9. The summed E-state index contributed by atoms with van der Waals surface area (Å²) in [6, 6.07) is 11.1. The molecule has 4 heterocycles. The first kappa shape index (κ1) is 18.7. The molecule has 9 heteroatoms. The van der Waals surface area contributed by atoms with Gasteiger partial charge in [-0.05, 0) is 29.8 Å². The molecule has 1 aromatic carbocycles. The lowest BCUT2D eigenvalue weighted by Crippen LogP contribution is -2.22. The van der Waals surface area contributed by atoms with Crippen LogP contribution in [-0.4, -0.2) is 37.5 Å². The number of hydrogen-bond acceptors (Lipinski definition) is 7. The fourth-order valence-electron chi connectivity index (χ4n) is 3.47. The van der Waals surface area contributed by atoms with Crippen molar-refractivity contribution in [2.45, 2.75) is 6.54 Å². The molecule has 0 aliphatic carbocycles. The van der Waals surface area contributed by atoms with Gasteiger partial charge < -0.3 is 19.6 Å². The number of nitrogens with one attached hydrogen (secondary N) is 2. The lowest BCUT2D eigenvalue weighted by molar-refractivity contribution is 0.0950. The second-order valence-corrected chi connectivity index (χ2v) is 7.06. The molecule has 9 nitrogen and oxygen atoms in total. The van der Waals surface area contributed by atoms with E-state index in [-0.39, 0.29) is 5.91 Å². The lowest BCUT2D eigenvalue weighted by Gasteiger charge is -2.06. The molecule has 0 saturated heterocycles. The third-order valence-corrected chi connectivity index (χ3v) is 5.00. The van der Waals surface area contributed by atoms with Gasteiger partial charge in [-0.15, -0.1) is 0 Å². The summed E-state index contributed by atoms with van der Waals surface area (Å²) in [6.07, 6.45) is 4.90. The zero-order valence-corrected chi connectivity index (χ0v) is 17.0. The molecule has 4 aromatic heterocycles. The van der Waals surface area contributed by atoms with Crippen molar-refractivity contribution in [1.29, 1.82) is 0 Å². The number of fused-ring (bicyclic) bond motifs is 3. The zero-order chi connectivity index (χ0) is 21.4. The normalized spacial score (nSPS) is 11.2. The van der Waals surface area contributed by atoms with Gasteiger partial charge in [0.25, 0.3) is 11.6 Å². The van der Waals surface area contributed by atoms with Gasteiger partial charge in [-0.1, -0.05) is 12.1 Å². The highest BCUT2D eigenvalue weighted by Gasteiger charge is 2.18. The summed E-state index contributed by atoms with van der Waals surface area (Å²) in [7, 11) is 3.71. The molecule has 154 valence electrons. The molecule has 0 radical (unpaired) electrons. The Morgan fingerprint density at radius 3 is 2.87 bits per heavy atom. The zero-order valence-electron chi connectivity index (χ0n) is 17.0. The Labute approximate surface area is 177 Å². The highest BCUT2D eigenvalue weighted by Crippen LogP contribution is 2.31. The summed E-state index contributed by atoms with van der Waals surface area (Å²) in [6.45, 7) is 0.371. The van der Waals surface area contributed by atoms with Crippen molar-refractivity contribution >= 4 is 34.0 Å². The van der Waals surface area contributed by atoms with Gasteiger partial charge in [0.05, 0.1) is 11.9 Å². The van der Waals surface area contributed by atoms with Crippen LogP contribution in [0.2, 0.25) is 0 Å². The Morgan fingerprint density at radius 1 is 1.16 bits per heavy atom. The van der Waals surface area contributed by atoms with Crippen LogP contribution in [0, 0.1) is 0 Å². The van der Waals surface area contributed by atoms with Crippen LogP contribution in [0.1, 0.15) is 15.9 Å². The van der Waals surface area contributed by atoms with E-state index in [2.05, 4.69) is 25.6 Å². The van der Waals surface area contributed by atoms with E-state index in [0.29, 0.717) is 35.0 Å². The molecule has 1 amide bonds. The van der Waals surface area contributed by atoms with E-state index >= 15 is 0 Å². The second-order valence-electron chi connectivity index (χ2n) is 7.06. The molecule has 0 bridgehead atoms. The number of hydrogen-bond donors (Lipinski definition) is 2. The fraction of sp³-hybridized carbons (Fsp3) is 0.136. The maximum atomic E-state index is 12.3. The number of imidazole rings is 1. The minimum absolute atomic E-state index is 0.178. The van der Waals surface area contributed by atoms with Crippen LogP contribution in [0.4, 0.5) is 5.82 Å². The van der Waals surface area contributed by atoms with Gasteiger partial charge in [0, 0.05) is 38.6 Å². The van der Waals surface area contributed by atoms with Crippen molar-refractivity contribution in [3.8, 4) is 11.5 Å².